The van der Waals surface area contributed by atoms with Crippen LogP contribution in [0.15, 0.2) is 79.1 Å². The van der Waals surface area contributed by atoms with Gasteiger partial charge in [-0.05, 0) is 53.6 Å². The van der Waals surface area contributed by atoms with E-state index < -0.39 is 24.0 Å². The van der Waals surface area contributed by atoms with Crippen molar-refractivity contribution < 1.29 is 38.1 Å². The van der Waals surface area contributed by atoms with Crippen LogP contribution in [0.5, 0.6) is 17.2 Å². The number of esters is 1. The van der Waals surface area contributed by atoms with Gasteiger partial charge in [0, 0.05) is 37.2 Å². The fourth-order valence-corrected chi connectivity index (χ4v) is 5.55. The number of piperidine rings is 1. The minimum atomic E-state index is -0.661. The molecule has 48 heavy (non-hydrogen) atoms. The highest BCUT2D eigenvalue weighted by atomic mass is 16.5. The van der Waals surface area contributed by atoms with E-state index in [1.165, 1.54) is 19.5 Å². The van der Waals surface area contributed by atoms with Crippen LogP contribution in [-0.4, -0.2) is 84.6 Å². The average Bonchev–Trinajstić information content (AvgIpc) is 3.13. The molecule has 246 valence electrons. The van der Waals surface area contributed by atoms with Crippen molar-refractivity contribution in [2.24, 2.45) is 0 Å². The van der Waals surface area contributed by atoms with Gasteiger partial charge in [0.2, 0.25) is 0 Å². The van der Waals surface area contributed by atoms with Crippen LogP contribution in [0.3, 0.4) is 0 Å². The van der Waals surface area contributed by atoms with Crippen molar-refractivity contribution in [1.82, 2.24) is 25.5 Å². The number of amides is 3. The van der Waals surface area contributed by atoms with Gasteiger partial charge in [0.25, 0.3) is 17.7 Å². The van der Waals surface area contributed by atoms with E-state index in [0.29, 0.717) is 47.9 Å². The van der Waals surface area contributed by atoms with Crippen molar-refractivity contribution in [2.75, 3.05) is 33.9 Å². The van der Waals surface area contributed by atoms with Crippen LogP contribution in [0.4, 0.5) is 0 Å². The maximum absolute atomic E-state index is 13.8. The van der Waals surface area contributed by atoms with Crippen LogP contribution in [-0.2, 0) is 16.1 Å². The lowest BCUT2D eigenvalue weighted by atomic mass is 9.99. The molecule has 2 atom stereocenters. The molecule has 3 aliphatic rings. The molecule has 0 spiro atoms. The zero-order chi connectivity index (χ0) is 33.6. The number of hydrogen-bond donors (Lipinski definition) is 2. The van der Waals surface area contributed by atoms with Gasteiger partial charge in [-0.15, -0.1) is 0 Å². The van der Waals surface area contributed by atoms with Crippen molar-refractivity contribution in [1.29, 1.82) is 0 Å². The van der Waals surface area contributed by atoms with Crippen LogP contribution in [0.2, 0.25) is 0 Å². The lowest BCUT2D eigenvalue weighted by Gasteiger charge is -2.38. The van der Waals surface area contributed by atoms with Gasteiger partial charge >= 0.3 is 5.97 Å². The standard InChI is InChI=1S/C35H33N5O8/c1-45-30-11-8-23-15-26(30)22-4-3-5-25(14-22)47-20-32(41)38-16-21-6-9-24(10-7-21)48-31-12-13-40(19-29(31)39-33(23)42)34(43)27-17-37-28(18-36-27)35(44)46-2/h3-11,14-15,17-18,29,31H,12-13,16,19-20H2,1-2H3,(H,38,41)(H,39,42)/t29-,31-/m1/s1. The van der Waals surface area contributed by atoms with Crippen molar-refractivity contribution >= 4 is 23.7 Å². The number of likely N-dealkylation sites (tertiary alicyclic amines) is 1. The van der Waals surface area contributed by atoms with E-state index in [9.17, 15) is 19.2 Å². The highest BCUT2D eigenvalue weighted by Crippen LogP contribution is 2.33. The number of ether oxygens (including phenoxy) is 4. The van der Waals surface area contributed by atoms with Gasteiger partial charge in [-0.1, -0.05) is 24.3 Å². The normalized spacial score (nSPS) is 17.8. The number of nitrogens with one attached hydrogen (secondary N) is 2. The minimum Gasteiger partial charge on any atom is -0.496 e. The quantitative estimate of drug-likeness (QED) is 0.316. The Balaban J connectivity index is 1.31. The third-order valence-electron chi connectivity index (χ3n) is 8.10. The number of rotatable bonds is 3. The van der Waals surface area contributed by atoms with E-state index in [0.717, 1.165) is 11.1 Å². The molecule has 13 heteroatoms. The molecular weight excluding hydrogens is 618 g/mol. The molecule has 3 aromatic carbocycles. The molecule has 13 nitrogen and oxygen atoms in total. The molecule has 3 amide bonds. The van der Waals surface area contributed by atoms with Gasteiger partial charge in [0.1, 0.15) is 29.0 Å². The van der Waals surface area contributed by atoms with Gasteiger partial charge in [-0.2, -0.15) is 0 Å². The number of carbonyl (C=O) groups is 4. The second kappa shape index (κ2) is 14.2. The van der Waals surface area contributed by atoms with E-state index in [1.54, 1.807) is 60.5 Å². The van der Waals surface area contributed by atoms with Crippen molar-refractivity contribution in [3.8, 4) is 28.4 Å². The largest absolute Gasteiger partial charge is 0.496 e. The van der Waals surface area contributed by atoms with E-state index in [-0.39, 0.29) is 36.4 Å². The number of nitrogens with zero attached hydrogens (tertiary/aromatic N) is 3. The number of benzene rings is 3. The summed E-state index contributed by atoms with van der Waals surface area (Å²) >= 11 is 0. The third kappa shape index (κ3) is 7.20. The summed E-state index contributed by atoms with van der Waals surface area (Å²) in [6.07, 6.45) is 2.35. The predicted molar refractivity (Wildman–Crippen MR) is 172 cm³/mol. The number of carbonyl (C=O) groups excluding carboxylic acids is 4. The summed E-state index contributed by atoms with van der Waals surface area (Å²) in [6, 6.07) is 19.0. The summed E-state index contributed by atoms with van der Waals surface area (Å²) in [6.45, 7) is 0.584. The zero-order valence-corrected chi connectivity index (χ0v) is 26.3. The third-order valence-corrected chi connectivity index (χ3v) is 8.10. The highest BCUT2D eigenvalue weighted by molar-refractivity contribution is 5.97. The highest BCUT2D eigenvalue weighted by Gasteiger charge is 2.35. The number of fused-ring (bicyclic) bond motifs is 7. The van der Waals surface area contributed by atoms with Crippen LogP contribution in [0, 0.1) is 0 Å². The van der Waals surface area contributed by atoms with Crippen LogP contribution in [0.25, 0.3) is 11.1 Å². The first-order chi connectivity index (χ1) is 23.3. The monoisotopic (exact) mass is 651 g/mol. The van der Waals surface area contributed by atoms with Gasteiger partial charge in [-0.3, -0.25) is 14.4 Å². The first-order valence-corrected chi connectivity index (χ1v) is 15.3. The fraction of sp³-hybridized carbons (Fsp3) is 0.257. The molecular formula is C35H33N5O8. The number of methoxy groups -OCH3 is 2. The lowest BCUT2D eigenvalue weighted by Crippen LogP contribution is -2.58. The molecule has 0 saturated carbocycles. The Kier molecular flexibility index (Phi) is 9.46. The molecule has 1 aromatic heterocycles. The van der Waals surface area contributed by atoms with Crippen LogP contribution < -0.4 is 24.8 Å². The van der Waals surface area contributed by atoms with Gasteiger partial charge in [0.05, 0.1) is 32.7 Å². The van der Waals surface area contributed by atoms with Gasteiger partial charge in [-0.25, -0.2) is 14.8 Å². The summed E-state index contributed by atoms with van der Waals surface area (Å²) < 4.78 is 22.4. The lowest BCUT2D eigenvalue weighted by molar-refractivity contribution is -0.123. The molecule has 3 aliphatic heterocycles. The summed E-state index contributed by atoms with van der Waals surface area (Å²) in [7, 11) is 2.78. The van der Waals surface area contributed by atoms with Gasteiger partial charge < -0.3 is 34.5 Å². The smallest absolute Gasteiger partial charge is 0.358 e. The van der Waals surface area contributed by atoms with E-state index >= 15 is 0 Å². The van der Waals surface area contributed by atoms with Crippen molar-refractivity contribution in [3.05, 3.63) is 102 Å². The average molecular weight is 652 g/mol. The summed E-state index contributed by atoms with van der Waals surface area (Å²) in [4.78, 5) is 61.3. The molecule has 0 unspecified atom stereocenters. The first kappa shape index (κ1) is 32.0. The Hall–Kier alpha value is -5.98. The number of aromatic nitrogens is 2. The maximum atomic E-state index is 13.8. The zero-order valence-electron chi connectivity index (χ0n) is 26.3. The topological polar surface area (TPSA) is 158 Å². The molecule has 1 saturated heterocycles. The summed E-state index contributed by atoms with van der Waals surface area (Å²) in [5.41, 5.74) is 2.63. The Morgan fingerprint density at radius 2 is 1.71 bits per heavy atom. The fourth-order valence-electron chi connectivity index (χ4n) is 5.55. The Labute approximate surface area is 276 Å². The second-order valence-electron chi connectivity index (χ2n) is 11.2. The summed E-state index contributed by atoms with van der Waals surface area (Å²) in [5.74, 6) is -0.120. The second-order valence-corrected chi connectivity index (χ2v) is 11.2. The minimum absolute atomic E-state index is 0.0185. The van der Waals surface area contributed by atoms with Crippen LogP contribution >= 0.6 is 0 Å². The Morgan fingerprint density at radius 1 is 0.917 bits per heavy atom. The Bertz CT molecular complexity index is 1830. The molecule has 2 N–H and O–H groups in total. The number of hydrogen-bond acceptors (Lipinski definition) is 10. The maximum Gasteiger partial charge on any atom is 0.358 e. The Morgan fingerprint density at radius 3 is 2.46 bits per heavy atom. The van der Waals surface area contributed by atoms with E-state index in [4.69, 9.17) is 14.2 Å². The first-order valence-electron chi connectivity index (χ1n) is 15.3. The molecule has 4 aromatic rings. The molecule has 1 fully saturated rings. The SMILES string of the molecule is COC(=O)c1cnc(C(=O)N2CC[C@H]3Oc4ccc(cc4)CNC(=O)COc4cccc(c4)-c4cc(ccc4OC)C(=O)N[C@@H]3C2)cn1. The molecule has 6 bridgehead atoms. The van der Waals surface area contributed by atoms with Crippen molar-refractivity contribution in [2.45, 2.75) is 25.1 Å². The molecule has 4 heterocycles. The molecule has 0 aliphatic carbocycles. The van der Waals surface area contributed by atoms with E-state index in [2.05, 4.69) is 25.3 Å². The van der Waals surface area contributed by atoms with E-state index in [1.807, 2.05) is 18.2 Å². The van der Waals surface area contributed by atoms with Crippen molar-refractivity contribution in [3.63, 3.8) is 0 Å². The van der Waals surface area contributed by atoms with Crippen LogP contribution in [0.1, 0.15) is 43.3 Å². The summed E-state index contributed by atoms with van der Waals surface area (Å²) in [5, 5.41) is 5.95. The van der Waals surface area contributed by atoms with Gasteiger partial charge in [0.15, 0.2) is 12.3 Å². The molecule has 0 radical (unpaired) electrons. The molecule has 7 rings (SSSR count). The predicted octanol–water partition coefficient (Wildman–Crippen LogP) is 3.04.